The van der Waals surface area contributed by atoms with Crippen molar-refractivity contribution in [2.75, 3.05) is 13.2 Å². The standard InChI is InChI=1S/C33H50O10/c1-15(14-41-31-30(40)29(39)28(38)24(13-34)43-31)5-8-22-16(2)26-23(42-22)11-20-19-7-6-17-9-18(35)10-25(37)33(17,4)27(19)21(36)12-32(20,26)3/h6,18-21,23-31,34-40H,1,5,7-14H2,2-4H3/t18-,19+,20+,21-,23+,24-,25-,26+,27-,28-,29+,30-,31-,32+,33-/m1/s1. The van der Waals surface area contributed by atoms with E-state index in [4.69, 9.17) is 14.2 Å². The summed E-state index contributed by atoms with van der Waals surface area (Å²) < 4.78 is 17.7. The summed E-state index contributed by atoms with van der Waals surface area (Å²) in [7, 11) is 0. The number of ether oxygens (including phenoxy) is 3. The Morgan fingerprint density at radius 1 is 1.07 bits per heavy atom. The SMILES string of the molecule is C=C(CCC1=C(C)[C@H]2[C@H](C[C@H]3[C@@H]4CC=C5C[C@@H](O)C[C@@H](O)[C@]5(C)[C@H]4[C@H](O)C[C@@]32C)O1)CO[C@@H]1O[C@H](CO)[C@@H](O)[C@H](O)[C@H]1O. The molecule has 0 aromatic rings. The van der Waals surface area contributed by atoms with Gasteiger partial charge in [0.25, 0.3) is 0 Å². The van der Waals surface area contributed by atoms with Gasteiger partial charge in [-0.15, -0.1) is 0 Å². The van der Waals surface area contributed by atoms with E-state index in [0.717, 1.165) is 29.7 Å². The van der Waals surface area contributed by atoms with Crippen LogP contribution in [-0.2, 0) is 14.2 Å². The van der Waals surface area contributed by atoms with Crippen molar-refractivity contribution in [2.45, 2.75) is 121 Å². The van der Waals surface area contributed by atoms with Crippen molar-refractivity contribution in [2.24, 2.45) is 34.5 Å². The predicted octanol–water partition coefficient (Wildman–Crippen LogP) is 1.30. The van der Waals surface area contributed by atoms with Gasteiger partial charge in [-0.1, -0.05) is 37.6 Å². The zero-order chi connectivity index (χ0) is 31.0. The zero-order valence-electron chi connectivity index (χ0n) is 25.5. The summed E-state index contributed by atoms with van der Waals surface area (Å²) in [6, 6.07) is 0. The molecule has 0 spiro atoms. The third kappa shape index (κ3) is 4.96. The molecule has 6 aliphatic rings. The minimum atomic E-state index is -1.49. The average molecular weight is 607 g/mol. The quantitative estimate of drug-likeness (QED) is 0.210. The van der Waals surface area contributed by atoms with E-state index in [2.05, 4.69) is 33.4 Å². The number of allylic oxidation sites excluding steroid dienone is 2. The first-order valence-corrected chi connectivity index (χ1v) is 16.0. The number of hydrogen-bond acceptors (Lipinski definition) is 10. The molecule has 3 saturated carbocycles. The fourth-order valence-electron chi connectivity index (χ4n) is 10.2. The van der Waals surface area contributed by atoms with E-state index in [-0.39, 0.29) is 35.9 Å². The van der Waals surface area contributed by atoms with Crippen molar-refractivity contribution in [3.8, 4) is 0 Å². The lowest BCUT2D eigenvalue weighted by molar-refractivity contribution is -0.299. The fraction of sp³-hybridized carbons (Fsp3) is 0.818. The third-order valence-electron chi connectivity index (χ3n) is 12.3. The van der Waals surface area contributed by atoms with Gasteiger partial charge in [0.05, 0.1) is 37.3 Å². The summed E-state index contributed by atoms with van der Waals surface area (Å²) in [5.74, 6) is 1.73. The van der Waals surface area contributed by atoms with Crippen LogP contribution in [0.5, 0.6) is 0 Å². The molecule has 6 rings (SSSR count). The van der Waals surface area contributed by atoms with Gasteiger partial charge in [0.1, 0.15) is 30.5 Å². The molecule has 43 heavy (non-hydrogen) atoms. The highest BCUT2D eigenvalue weighted by Crippen LogP contribution is 2.69. The Bertz CT molecular complexity index is 1150. The lowest BCUT2D eigenvalue weighted by Gasteiger charge is -2.60. The second kappa shape index (κ2) is 11.5. The zero-order valence-corrected chi connectivity index (χ0v) is 25.5. The lowest BCUT2D eigenvalue weighted by Crippen LogP contribution is -2.60. The van der Waals surface area contributed by atoms with Crippen LogP contribution in [0.2, 0.25) is 0 Å². The van der Waals surface area contributed by atoms with Crippen LogP contribution in [0.4, 0.5) is 0 Å². The summed E-state index contributed by atoms with van der Waals surface area (Å²) in [5, 5.41) is 72.9. The predicted molar refractivity (Wildman–Crippen MR) is 155 cm³/mol. The van der Waals surface area contributed by atoms with Gasteiger partial charge in [-0.25, -0.2) is 0 Å². The van der Waals surface area contributed by atoms with Gasteiger partial charge in [0.15, 0.2) is 6.29 Å². The molecule has 0 radical (unpaired) electrons. The van der Waals surface area contributed by atoms with Gasteiger partial charge in [-0.2, -0.15) is 0 Å². The third-order valence-corrected chi connectivity index (χ3v) is 12.3. The minimum Gasteiger partial charge on any atom is -0.494 e. The summed E-state index contributed by atoms with van der Waals surface area (Å²) in [5.41, 5.74) is 2.44. The molecule has 0 aromatic carbocycles. The van der Waals surface area contributed by atoms with Gasteiger partial charge in [-0.05, 0) is 67.8 Å². The smallest absolute Gasteiger partial charge is 0.187 e. The van der Waals surface area contributed by atoms with Crippen molar-refractivity contribution in [1.82, 2.24) is 0 Å². The first-order valence-electron chi connectivity index (χ1n) is 16.0. The first kappa shape index (κ1) is 31.6. The number of rotatable bonds is 7. The molecule has 0 unspecified atom stereocenters. The monoisotopic (exact) mass is 606 g/mol. The molecular weight excluding hydrogens is 556 g/mol. The fourth-order valence-corrected chi connectivity index (χ4v) is 10.2. The molecule has 0 aromatic heterocycles. The highest BCUT2D eigenvalue weighted by Gasteiger charge is 2.67. The molecule has 2 heterocycles. The Balaban J connectivity index is 1.10. The molecule has 1 saturated heterocycles. The van der Waals surface area contributed by atoms with Crippen molar-refractivity contribution in [1.29, 1.82) is 0 Å². The molecule has 4 fully saturated rings. The van der Waals surface area contributed by atoms with Crippen LogP contribution in [0.1, 0.15) is 65.7 Å². The Morgan fingerprint density at radius 2 is 1.81 bits per heavy atom. The maximum atomic E-state index is 11.7. The van der Waals surface area contributed by atoms with Gasteiger partial charge in [0, 0.05) is 24.2 Å². The molecule has 2 aliphatic heterocycles. The van der Waals surface area contributed by atoms with Gasteiger partial charge in [-0.3, -0.25) is 0 Å². The van der Waals surface area contributed by atoms with Crippen LogP contribution < -0.4 is 0 Å². The molecule has 10 heteroatoms. The highest BCUT2D eigenvalue weighted by molar-refractivity contribution is 5.32. The van der Waals surface area contributed by atoms with E-state index in [0.29, 0.717) is 38.0 Å². The van der Waals surface area contributed by atoms with Crippen molar-refractivity contribution in [3.63, 3.8) is 0 Å². The van der Waals surface area contributed by atoms with E-state index < -0.39 is 61.0 Å². The second-order valence-corrected chi connectivity index (χ2v) is 14.7. The van der Waals surface area contributed by atoms with Crippen molar-refractivity contribution in [3.05, 3.63) is 35.1 Å². The van der Waals surface area contributed by atoms with Crippen LogP contribution >= 0.6 is 0 Å². The molecule has 242 valence electrons. The van der Waals surface area contributed by atoms with Gasteiger partial charge >= 0.3 is 0 Å². The van der Waals surface area contributed by atoms with E-state index >= 15 is 0 Å². The highest BCUT2D eigenvalue weighted by atomic mass is 16.7. The lowest BCUT2D eigenvalue weighted by atomic mass is 9.45. The Morgan fingerprint density at radius 3 is 2.53 bits per heavy atom. The second-order valence-electron chi connectivity index (χ2n) is 14.7. The minimum absolute atomic E-state index is 0.0392. The summed E-state index contributed by atoms with van der Waals surface area (Å²) in [6.45, 7) is 10.2. The number of hydrogen-bond donors (Lipinski definition) is 7. The van der Waals surface area contributed by atoms with Crippen LogP contribution in [0.3, 0.4) is 0 Å². The van der Waals surface area contributed by atoms with E-state index in [1.54, 1.807) is 0 Å². The summed E-state index contributed by atoms with van der Waals surface area (Å²) >= 11 is 0. The van der Waals surface area contributed by atoms with Crippen LogP contribution in [0.25, 0.3) is 0 Å². The molecular formula is C33H50O10. The van der Waals surface area contributed by atoms with Crippen molar-refractivity contribution < 1.29 is 50.0 Å². The Hall–Kier alpha value is -1.34. The molecule has 10 nitrogen and oxygen atoms in total. The van der Waals surface area contributed by atoms with E-state index in [1.807, 2.05) is 0 Å². The van der Waals surface area contributed by atoms with Gasteiger partial charge < -0.3 is 50.0 Å². The maximum Gasteiger partial charge on any atom is 0.187 e. The maximum absolute atomic E-state index is 11.7. The normalized spacial score (nSPS) is 50.7. The Labute approximate surface area is 253 Å². The van der Waals surface area contributed by atoms with E-state index in [1.165, 1.54) is 5.57 Å². The molecule has 4 aliphatic carbocycles. The number of fused-ring (bicyclic) bond motifs is 7. The van der Waals surface area contributed by atoms with Crippen LogP contribution in [0, 0.1) is 34.5 Å². The van der Waals surface area contributed by atoms with Gasteiger partial charge in [0.2, 0.25) is 0 Å². The average Bonchev–Trinajstić information content (AvgIpc) is 3.43. The first-order chi connectivity index (χ1) is 20.3. The Kier molecular flexibility index (Phi) is 8.44. The van der Waals surface area contributed by atoms with Crippen LogP contribution in [0.15, 0.2) is 35.1 Å². The molecule has 15 atom stereocenters. The van der Waals surface area contributed by atoms with E-state index in [9.17, 15) is 35.7 Å². The number of aliphatic hydroxyl groups is 7. The largest absolute Gasteiger partial charge is 0.494 e. The molecule has 0 bridgehead atoms. The summed E-state index contributed by atoms with van der Waals surface area (Å²) in [4.78, 5) is 0. The molecule has 7 N–H and O–H groups in total. The molecule has 0 amide bonds. The number of aliphatic hydroxyl groups excluding tert-OH is 7. The van der Waals surface area contributed by atoms with Crippen molar-refractivity contribution >= 4 is 0 Å². The van der Waals surface area contributed by atoms with Crippen LogP contribution in [-0.4, -0.2) is 104 Å². The topological polar surface area (TPSA) is 169 Å². The summed E-state index contributed by atoms with van der Waals surface area (Å²) in [6.07, 6.45) is -1.46.